The van der Waals surface area contributed by atoms with E-state index in [0.29, 0.717) is 22.1 Å². The molecule has 1 aliphatic carbocycles. The molecule has 0 radical (unpaired) electrons. The summed E-state index contributed by atoms with van der Waals surface area (Å²) in [5.41, 5.74) is 1.38. The Bertz CT molecular complexity index is 915. The summed E-state index contributed by atoms with van der Waals surface area (Å²) in [6, 6.07) is 10.0. The monoisotopic (exact) mass is 477 g/mol. The Hall–Kier alpha value is -1.63. The number of benzene rings is 1. The maximum absolute atomic E-state index is 6.29. The first-order valence-corrected chi connectivity index (χ1v) is 12.2. The molecule has 1 atom stereocenters. The molecule has 1 aliphatic heterocycles. The van der Waals surface area contributed by atoms with Crippen molar-refractivity contribution < 1.29 is 0 Å². The predicted molar refractivity (Wildman–Crippen MR) is 133 cm³/mol. The Kier molecular flexibility index (Phi) is 7.19. The van der Waals surface area contributed by atoms with E-state index in [9.17, 15) is 0 Å². The Morgan fingerprint density at radius 3 is 2.61 bits per heavy atom. The van der Waals surface area contributed by atoms with Crippen LogP contribution >= 0.6 is 35.4 Å². The van der Waals surface area contributed by atoms with Gasteiger partial charge in [-0.3, -0.25) is 0 Å². The van der Waals surface area contributed by atoms with Crippen LogP contribution in [0.25, 0.3) is 0 Å². The van der Waals surface area contributed by atoms with Gasteiger partial charge < -0.3 is 15.5 Å². The largest absolute Gasteiger partial charge is 0.361 e. The second kappa shape index (κ2) is 9.88. The quantitative estimate of drug-likeness (QED) is 0.417. The van der Waals surface area contributed by atoms with E-state index in [-0.39, 0.29) is 5.41 Å². The molecule has 2 heterocycles. The second-order valence-corrected chi connectivity index (χ2v) is 10.1. The highest BCUT2D eigenvalue weighted by Crippen LogP contribution is 2.41. The van der Waals surface area contributed by atoms with Gasteiger partial charge in [0, 0.05) is 36.1 Å². The molecule has 1 saturated heterocycles. The summed E-state index contributed by atoms with van der Waals surface area (Å²) < 4.78 is 0. The molecule has 0 bridgehead atoms. The van der Waals surface area contributed by atoms with E-state index in [2.05, 4.69) is 44.6 Å². The van der Waals surface area contributed by atoms with E-state index in [4.69, 9.17) is 35.4 Å². The van der Waals surface area contributed by atoms with Crippen LogP contribution in [0.3, 0.4) is 0 Å². The van der Waals surface area contributed by atoms with Gasteiger partial charge in [0.1, 0.15) is 11.0 Å². The number of nitrogens with one attached hydrogen (secondary N) is 2. The number of aromatic nitrogens is 2. The smallest absolute Gasteiger partial charge is 0.232 e. The SMILES string of the molecule is C[C@H]1CCCN(c2cc(Cl)nc(NC(=S)NCC3(c4ccc(Cl)cc4)CCCC3)n2)C1. The van der Waals surface area contributed by atoms with Gasteiger partial charge in [-0.1, -0.05) is 55.1 Å². The molecule has 31 heavy (non-hydrogen) atoms. The number of anilines is 2. The maximum atomic E-state index is 6.29. The molecule has 0 spiro atoms. The first-order chi connectivity index (χ1) is 14.9. The molecule has 8 heteroatoms. The highest BCUT2D eigenvalue weighted by molar-refractivity contribution is 7.80. The number of hydrogen-bond donors (Lipinski definition) is 2. The zero-order chi connectivity index (χ0) is 21.8. The minimum atomic E-state index is 0.0701. The third kappa shape index (κ3) is 5.60. The van der Waals surface area contributed by atoms with Crippen LogP contribution in [0.4, 0.5) is 11.8 Å². The zero-order valence-corrected chi connectivity index (χ0v) is 20.2. The van der Waals surface area contributed by atoms with Crippen molar-refractivity contribution >= 4 is 52.3 Å². The van der Waals surface area contributed by atoms with E-state index in [1.165, 1.54) is 24.8 Å². The van der Waals surface area contributed by atoms with Gasteiger partial charge in [-0.05, 0) is 61.5 Å². The summed E-state index contributed by atoms with van der Waals surface area (Å²) in [5, 5.41) is 8.24. The van der Waals surface area contributed by atoms with E-state index in [1.54, 1.807) is 0 Å². The topological polar surface area (TPSA) is 53.1 Å². The van der Waals surface area contributed by atoms with Crippen molar-refractivity contribution in [1.82, 2.24) is 15.3 Å². The molecule has 0 amide bonds. The van der Waals surface area contributed by atoms with Crippen LogP contribution in [0, 0.1) is 5.92 Å². The Balaban J connectivity index is 1.42. The molecule has 1 aromatic carbocycles. The van der Waals surface area contributed by atoms with Crippen molar-refractivity contribution in [3.8, 4) is 0 Å². The summed E-state index contributed by atoms with van der Waals surface area (Å²) in [6.45, 7) is 5.01. The molecule has 4 rings (SSSR count). The number of halogens is 2. The fourth-order valence-electron chi connectivity index (χ4n) is 4.84. The fourth-order valence-corrected chi connectivity index (χ4v) is 5.31. The van der Waals surface area contributed by atoms with Crippen molar-refractivity contribution in [3.63, 3.8) is 0 Å². The molecular weight excluding hydrogens is 449 g/mol. The first-order valence-electron chi connectivity index (χ1n) is 11.0. The van der Waals surface area contributed by atoms with Gasteiger partial charge in [0.05, 0.1) is 0 Å². The molecule has 0 unspecified atom stereocenters. The van der Waals surface area contributed by atoms with Crippen LogP contribution in [-0.4, -0.2) is 34.7 Å². The number of piperidine rings is 1. The average Bonchev–Trinajstić information content (AvgIpc) is 3.22. The maximum Gasteiger partial charge on any atom is 0.232 e. The molecule has 166 valence electrons. The Morgan fingerprint density at radius 1 is 1.16 bits per heavy atom. The summed E-state index contributed by atoms with van der Waals surface area (Å²) in [6.07, 6.45) is 7.13. The molecule has 2 aromatic rings. The number of thiocarbonyl (C=S) groups is 1. The summed E-state index contributed by atoms with van der Waals surface area (Å²) in [4.78, 5) is 11.3. The second-order valence-electron chi connectivity index (χ2n) is 8.87. The number of nitrogens with zero attached hydrogens (tertiary/aromatic N) is 3. The lowest BCUT2D eigenvalue weighted by molar-refractivity contribution is 0.435. The van der Waals surface area contributed by atoms with Crippen molar-refractivity contribution in [1.29, 1.82) is 0 Å². The third-order valence-electron chi connectivity index (χ3n) is 6.49. The standard InChI is InChI=1S/C23H29Cl2N5S/c1-16-5-4-12-30(14-16)20-13-19(25)27-21(28-20)29-22(31)26-15-23(10-2-3-11-23)17-6-8-18(24)9-7-17/h6-9,13,16H,2-5,10-12,14-15H2,1H3,(H2,26,27,28,29,31)/t16-/m0/s1. The molecule has 2 aliphatic rings. The van der Waals surface area contributed by atoms with Gasteiger partial charge in [-0.15, -0.1) is 0 Å². The normalized spacial score (nSPS) is 20.5. The van der Waals surface area contributed by atoms with Crippen LogP contribution in [0.15, 0.2) is 30.3 Å². The van der Waals surface area contributed by atoms with Gasteiger partial charge in [0.2, 0.25) is 5.95 Å². The predicted octanol–water partition coefficient (Wildman–Crippen LogP) is 5.82. The first kappa shape index (κ1) is 22.6. The Morgan fingerprint density at radius 2 is 1.90 bits per heavy atom. The Labute approximate surface area is 199 Å². The van der Waals surface area contributed by atoms with Crippen LogP contribution in [0.2, 0.25) is 10.2 Å². The van der Waals surface area contributed by atoms with Crippen LogP contribution in [0.5, 0.6) is 0 Å². The summed E-state index contributed by atoms with van der Waals surface area (Å²) >= 11 is 18.0. The van der Waals surface area contributed by atoms with Crippen LogP contribution in [0.1, 0.15) is 51.0 Å². The number of rotatable bonds is 5. The van der Waals surface area contributed by atoms with Crippen molar-refractivity contribution in [2.75, 3.05) is 29.9 Å². The van der Waals surface area contributed by atoms with E-state index < -0.39 is 0 Å². The van der Waals surface area contributed by atoms with E-state index in [0.717, 1.165) is 49.7 Å². The minimum Gasteiger partial charge on any atom is -0.361 e. The summed E-state index contributed by atoms with van der Waals surface area (Å²) in [7, 11) is 0. The lowest BCUT2D eigenvalue weighted by atomic mass is 9.79. The summed E-state index contributed by atoms with van der Waals surface area (Å²) in [5.74, 6) is 1.94. The molecule has 2 fully saturated rings. The highest BCUT2D eigenvalue weighted by atomic mass is 35.5. The highest BCUT2D eigenvalue weighted by Gasteiger charge is 2.35. The number of hydrogen-bond acceptors (Lipinski definition) is 4. The van der Waals surface area contributed by atoms with Crippen molar-refractivity contribution in [2.45, 2.75) is 50.9 Å². The van der Waals surface area contributed by atoms with Gasteiger partial charge in [-0.2, -0.15) is 4.98 Å². The third-order valence-corrected chi connectivity index (χ3v) is 7.18. The average molecular weight is 478 g/mol. The zero-order valence-electron chi connectivity index (χ0n) is 17.8. The fraction of sp³-hybridized carbons (Fsp3) is 0.522. The molecule has 5 nitrogen and oxygen atoms in total. The van der Waals surface area contributed by atoms with Gasteiger partial charge in [0.15, 0.2) is 5.11 Å². The van der Waals surface area contributed by atoms with Crippen LogP contribution < -0.4 is 15.5 Å². The van der Waals surface area contributed by atoms with Crippen molar-refractivity contribution in [2.24, 2.45) is 5.92 Å². The van der Waals surface area contributed by atoms with E-state index >= 15 is 0 Å². The van der Waals surface area contributed by atoms with Gasteiger partial charge >= 0.3 is 0 Å². The molecule has 1 aromatic heterocycles. The molecular formula is C23H29Cl2N5S. The van der Waals surface area contributed by atoms with Crippen molar-refractivity contribution in [3.05, 3.63) is 46.1 Å². The minimum absolute atomic E-state index is 0.0701. The van der Waals surface area contributed by atoms with E-state index in [1.807, 2.05) is 18.2 Å². The lowest BCUT2D eigenvalue weighted by Crippen LogP contribution is -2.41. The van der Waals surface area contributed by atoms with Crippen LogP contribution in [-0.2, 0) is 5.41 Å². The molecule has 1 saturated carbocycles. The molecule has 2 N–H and O–H groups in total. The van der Waals surface area contributed by atoms with Gasteiger partial charge in [-0.25, -0.2) is 4.98 Å². The lowest BCUT2D eigenvalue weighted by Gasteiger charge is -2.32. The van der Waals surface area contributed by atoms with Gasteiger partial charge in [0.25, 0.3) is 0 Å².